The quantitative estimate of drug-likeness (QED) is 0.571. The second-order valence-corrected chi connectivity index (χ2v) is 7.13. The van der Waals surface area contributed by atoms with Crippen molar-refractivity contribution in [2.45, 2.75) is 77.6 Å². The van der Waals surface area contributed by atoms with Crippen molar-refractivity contribution in [3.05, 3.63) is 35.4 Å². The van der Waals surface area contributed by atoms with Gasteiger partial charge in [0.15, 0.2) is 0 Å². The summed E-state index contributed by atoms with van der Waals surface area (Å²) in [5.74, 6) is 0.710. The van der Waals surface area contributed by atoms with Crippen LogP contribution in [-0.2, 0) is 0 Å². The predicted octanol–water partition coefficient (Wildman–Crippen LogP) is 6.19. The van der Waals surface area contributed by atoms with E-state index in [9.17, 15) is 0 Å². The van der Waals surface area contributed by atoms with Crippen molar-refractivity contribution < 1.29 is 0 Å². The van der Waals surface area contributed by atoms with Crippen LogP contribution in [-0.4, -0.2) is 0 Å². The first-order valence-corrected chi connectivity index (χ1v) is 8.67. The standard InChI is InChI=1S/C20H29N/c1-3-4-5-6-13-20(2)14-11-19(12-15-20)18-9-7-17(16-21)8-10-18/h7-10,19H,3-6,11-15H2,1-2H3/t19-,20+. The Morgan fingerprint density at radius 2 is 1.76 bits per heavy atom. The second-order valence-electron chi connectivity index (χ2n) is 7.13. The molecule has 0 N–H and O–H groups in total. The normalized spacial score (nSPS) is 25.5. The van der Waals surface area contributed by atoms with Gasteiger partial charge in [-0.3, -0.25) is 0 Å². The first-order chi connectivity index (χ1) is 10.2. The Bertz CT molecular complexity index is 458. The molecule has 1 heteroatoms. The van der Waals surface area contributed by atoms with E-state index in [4.69, 9.17) is 5.26 Å². The summed E-state index contributed by atoms with van der Waals surface area (Å²) in [6, 6.07) is 10.5. The van der Waals surface area contributed by atoms with E-state index in [1.807, 2.05) is 12.1 Å². The van der Waals surface area contributed by atoms with E-state index in [1.165, 1.54) is 63.4 Å². The Labute approximate surface area is 130 Å². The van der Waals surface area contributed by atoms with Gasteiger partial charge in [-0.15, -0.1) is 0 Å². The van der Waals surface area contributed by atoms with Crippen LogP contribution in [0, 0.1) is 16.7 Å². The van der Waals surface area contributed by atoms with Gasteiger partial charge in [0.05, 0.1) is 11.6 Å². The first kappa shape index (κ1) is 16.1. The lowest BCUT2D eigenvalue weighted by molar-refractivity contribution is 0.178. The Morgan fingerprint density at radius 1 is 1.10 bits per heavy atom. The number of hydrogen-bond acceptors (Lipinski definition) is 1. The summed E-state index contributed by atoms with van der Waals surface area (Å²) in [6.07, 6.45) is 12.3. The van der Waals surface area contributed by atoms with Crippen LogP contribution in [0.4, 0.5) is 0 Å². The van der Waals surface area contributed by atoms with Crippen LogP contribution in [0.25, 0.3) is 0 Å². The minimum Gasteiger partial charge on any atom is -0.192 e. The molecule has 0 aliphatic heterocycles. The number of rotatable bonds is 6. The summed E-state index contributed by atoms with van der Waals surface area (Å²) in [5, 5.41) is 8.88. The maximum absolute atomic E-state index is 8.88. The molecule has 1 aromatic carbocycles. The number of nitriles is 1. The highest BCUT2D eigenvalue weighted by molar-refractivity contribution is 5.33. The molecule has 0 saturated heterocycles. The molecule has 0 amide bonds. The molecular formula is C20H29N. The van der Waals surface area contributed by atoms with Gasteiger partial charge < -0.3 is 0 Å². The lowest BCUT2D eigenvalue weighted by Gasteiger charge is -2.38. The van der Waals surface area contributed by atoms with Crippen molar-refractivity contribution >= 4 is 0 Å². The fourth-order valence-electron chi connectivity index (χ4n) is 3.71. The van der Waals surface area contributed by atoms with Gasteiger partial charge in [-0.25, -0.2) is 0 Å². The first-order valence-electron chi connectivity index (χ1n) is 8.67. The van der Waals surface area contributed by atoms with Crippen LogP contribution in [0.2, 0.25) is 0 Å². The third-order valence-electron chi connectivity index (χ3n) is 5.34. The fraction of sp³-hybridized carbons (Fsp3) is 0.650. The predicted molar refractivity (Wildman–Crippen MR) is 89.2 cm³/mol. The molecule has 1 nitrogen and oxygen atoms in total. The summed E-state index contributed by atoms with van der Waals surface area (Å²) in [7, 11) is 0. The number of benzene rings is 1. The van der Waals surface area contributed by atoms with Gasteiger partial charge in [0, 0.05) is 0 Å². The Hall–Kier alpha value is -1.29. The fourth-order valence-corrected chi connectivity index (χ4v) is 3.71. The molecule has 1 aliphatic carbocycles. The largest absolute Gasteiger partial charge is 0.192 e. The van der Waals surface area contributed by atoms with Crippen LogP contribution in [0.3, 0.4) is 0 Å². The highest BCUT2D eigenvalue weighted by Gasteiger charge is 2.30. The number of nitrogens with zero attached hydrogens (tertiary/aromatic N) is 1. The van der Waals surface area contributed by atoms with Gasteiger partial charge in [-0.2, -0.15) is 5.26 Å². The molecule has 0 spiro atoms. The average Bonchev–Trinajstić information content (AvgIpc) is 2.53. The van der Waals surface area contributed by atoms with Crippen molar-refractivity contribution in [1.82, 2.24) is 0 Å². The number of hydrogen-bond donors (Lipinski definition) is 0. The van der Waals surface area contributed by atoms with E-state index < -0.39 is 0 Å². The smallest absolute Gasteiger partial charge is 0.0991 e. The van der Waals surface area contributed by atoms with Crippen molar-refractivity contribution in [3.63, 3.8) is 0 Å². The molecular weight excluding hydrogens is 254 g/mol. The summed E-state index contributed by atoms with van der Waals surface area (Å²) in [6.45, 7) is 4.78. The van der Waals surface area contributed by atoms with Crippen molar-refractivity contribution in [1.29, 1.82) is 5.26 Å². The monoisotopic (exact) mass is 283 g/mol. The van der Waals surface area contributed by atoms with Crippen LogP contribution in [0.15, 0.2) is 24.3 Å². The molecule has 0 unspecified atom stereocenters. The molecule has 1 fully saturated rings. The van der Waals surface area contributed by atoms with Crippen molar-refractivity contribution in [3.8, 4) is 6.07 Å². The maximum Gasteiger partial charge on any atom is 0.0991 e. The van der Waals surface area contributed by atoms with E-state index in [1.54, 1.807) is 0 Å². The van der Waals surface area contributed by atoms with E-state index in [0.29, 0.717) is 11.3 Å². The summed E-state index contributed by atoms with van der Waals surface area (Å²) in [5.41, 5.74) is 2.79. The minimum absolute atomic E-state index is 0.580. The lowest BCUT2D eigenvalue weighted by atomic mass is 9.68. The SMILES string of the molecule is CCCCCC[C@]1(C)CC[C@H](c2ccc(C#N)cc2)CC1. The number of unbranched alkanes of at least 4 members (excludes halogenated alkanes) is 3. The highest BCUT2D eigenvalue weighted by Crippen LogP contribution is 2.45. The molecule has 2 rings (SSSR count). The van der Waals surface area contributed by atoms with Gasteiger partial charge in [0.1, 0.15) is 0 Å². The van der Waals surface area contributed by atoms with Gasteiger partial charge >= 0.3 is 0 Å². The van der Waals surface area contributed by atoms with E-state index in [2.05, 4.69) is 32.0 Å². The van der Waals surface area contributed by atoms with Gasteiger partial charge in [-0.05, 0) is 61.1 Å². The topological polar surface area (TPSA) is 23.8 Å². The summed E-state index contributed by atoms with van der Waals surface area (Å²) >= 11 is 0. The Balaban J connectivity index is 1.83. The molecule has 1 aromatic rings. The zero-order chi connectivity index (χ0) is 15.1. The third-order valence-corrected chi connectivity index (χ3v) is 5.34. The highest BCUT2D eigenvalue weighted by atomic mass is 14.4. The van der Waals surface area contributed by atoms with Crippen molar-refractivity contribution in [2.75, 3.05) is 0 Å². The molecule has 0 aromatic heterocycles. The molecule has 114 valence electrons. The summed E-state index contributed by atoms with van der Waals surface area (Å²) < 4.78 is 0. The summed E-state index contributed by atoms with van der Waals surface area (Å²) in [4.78, 5) is 0. The molecule has 0 bridgehead atoms. The van der Waals surface area contributed by atoms with Crippen LogP contribution < -0.4 is 0 Å². The van der Waals surface area contributed by atoms with E-state index in [-0.39, 0.29) is 0 Å². The molecule has 21 heavy (non-hydrogen) atoms. The maximum atomic E-state index is 8.88. The van der Waals surface area contributed by atoms with Gasteiger partial charge in [-0.1, -0.05) is 51.7 Å². The molecule has 1 saturated carbocycles. The van der Waals surface area contributed by atoms with Crippen LogP contribution in [0.5, 0.6) is 0 Å². The second kappa shape index (κ2) is 7.64. The van der Waals surface area contributed by atoms with E-state index >= 15 is 0 Å². The zero-order valence-electron chi connectivity index (χ0n) is 13.7. The Kier molecular flexibility index (Phi) is 5.85. The van der Waals surface area contributed by atoms with Gasteiger partial charge in [0.2, 0.25) is 0 Å². The van der Waals surface area contributed by atoms with Crippen LogP contribution >= 0.6 is 0 Å². The molecule has 0 heterocycles. The van der Waals surface area contributed by atoms with E-state index in [0.717, 1.165) is 5.56 Å². The van der Waals surface area contributed by atoms with Crippen LogP contribution in [0.1, 0.15) is 88.7 Å². The molecule has 0 radical (unpaired) electrons. The lowest BCUT2D eigenvalue weighted by Crippen LogP contribution is -2.23. The average molecular weight is 283 g/mol. The van der Waals surface area contributed by atoms with Crippen molar-refractivity contribution in [2.24, 2.45) is 5.41 Å². The Morgan fingerprint density at radius 3 is 2.33 bits per heavy atom. The zero-order valence-corrected chi connectivity index (χ0v) is 13.7. The van der Waals surface area contributed by atoms with Gasteiger partial charge in [0.25, 0.3) is 0 Å². The molecule has 1 aliphatic rings. The minimum atomic E-state index is 0.580. The molecule has 0 atom stereocenters. The third kappa shape index (κ3) is 4.60.